The number of carbonyl (C=O) groups is 1. The molecule has 3 rings (SSSR count). The van der Waals surface area contributed by atoms with E-state index in [0.29, 0.717) is 53.4 Å². The number of morpholine rings is 1. The number of halogens is 2. The third-order valence-corrected chi connectivity index (χ3v) is 4.07. The van der Waals surface area contributed by atoms with Crippen molar-refractivity contribution < 1.29 is 9.53 Å². The smallest absolute Gasteiger partial charge is 0.259 e. The molecule has 1 aromatic carbocycles. The number of benzene rings is 1. The molecule has 0 unspecified atom stereocenters. The summed E-state index contributed by atoms with van der Waals surface area (Å²) in [5, 5.41) is 3.71. The highest BCUT2D eigenvalue weighted by molar-refractivity contribution is 6.36. The minimum absolute atomic E-state index is 0.260. The number of hydrogen-bond acceptors (Lipinski definition) is 4. The van der Waals surface area contributed by atoms with Crippen LogP contribution in [-0.2, 0) is 4.74 Å². The average molecular weight is 352 g/mol. The minimum Gasteiger partial charge on any atom is -0.378 e. The van der Waals surface area contributed by atoms with Crippen LogP contribution >= 0.6 is 23.2 Å². The molecule has 7 heteroatoms. The van der Waals surface area contributed by atoms with Crippen LogP contribution < -0.4 is 10.2 Å². The van der Waals surface area contributed by atoms with Gasteiger partial charge < -0.3 is 15.0 Å². The Balaban J connectivity index is 1.84. The Bertz CT molecular complexity index is 718. The second-order valence-corrected chi connectivity index (χ2v) is 5.90. The highest BCUT2D eigenvalue weighted by atomic mass is 35.5. The van der Waals surface area contributed by atoms with Crippen LogP contribution in [0.25, 0.3) is 0 Å². The maximum absolute atomic E-state index is 12.6. The number of ether oxygens (including phenoxy) is 1. The predicted molar refractivity (Wildman–Crippen MR) is 91.7 cm³/mol. The van der Waals surface area contributed by atoms with Gasteiger partial charge in [-0.1, -0.05) is 23.2 Å². The second kappa shape index (κ2) is 7.17. The number of anilines is 2. The summed E-state index contributed by atoms with van der Waals surface area (Å²) < 4.78 is 5.34. The van der Waals surface area contributed by atoms with E-state index >= 15 is 0 Å². The lowest BCUT2D eigenvalue weighted by Crippen LogP contribution is -2.38. The molecule has 0 saturated carbocycles. The van der Waals surface area contributed by atoms with Crippen LogP contribution in [0.5, 0.6) is 0 Å². The predicted octanol–water partition coefficient (Wildman–Crippen LogP) is 3.48. The number of nitrogens with zero attached hydrogens (tertiary/aromatic N) is 2. The van der Waals surface area contributed by atoms with E-state index in [2.05, 4.69) is 10.3 Å². The molecule has 0 radical (unpaired) electrons. The van der Waals surface area contributed by atoms with Crippen molar-refractivity contribution in [3.05, 3.63) is 52.1 Å². The molecule has 120 valence electrons. The van der Waals surface area contributed by atoms with Crippen LogP contribution in [0.3, 0.4) is 0 Å². The first kappa shape index (κ1) is 16.1. The Morgan fingerprint density at radius 3 is 2.74 bits per heavy atom. The average Bonchev–Trinajstić information content (AvgIpc) is 2.58. The highest BCUT2D eigenvalue weighted by Gasteiger charge is 2.20. The van der Waals surface area contributed by atoms with Gasteiger partial charge in [-0.15, -0.1) is 0 Å². The first-order valence-corrected chi connectivity index (χ1v) is 7.95. The Kier molecular flexibility index (Phi) is 5.00. The molecule has 1 amide bonds. The summed E-state index contributed by atoms with van der Waals surface area (Å²) >= 11 is 12.0. The first-order chi connectivity index (χ1) is 11.1. The molecule has 1 aliphatic heterocycles. The third-order valence-electron chi connectivity index (χ3n) is 3.52. The molecular weight excluding hydrogens is 337 g/mol. The lowest BCUT2D eigenvalue weighted by Gasteiger charge is -2.29. The van der Waals surface area contributed by atoms with E-state index in [1.807, 2.05) is 4.90 Å². The fourth-order valence-electron chi connectivity index (χ4n) is 2.38. The van der Waals surface area contributed by atoms with E-state index in [1.54, 1.807) is 36.5 Å². The maximum atomic E-state index is 12.6. The molecule has 0 aliphatic carbocycles. The number of pyridine rings is 1. The van der Waals surface area contributed by atoms with Crippen molar-refractivity contribution >= 4 is 40.6 Å². The number of hydrogen-bond donors (Lipinski definition) is 1. The topological polar surface area (TPSA) is 54.5 Å². The Labute approximate surface area is 144 Å². The van der Waals surface area contributed by atoms with Crippen molar-refractivity contribution in [1.82, 2.24) is 4.98 Å². The van der Waals surface area contributed by atoms with Crippen LogP contribution in [0.15, 0.2) is 36.5 Å². The van der Waals surface area contributed by atoms with Gasteiger partial charge in [0.2, 0.25) is 0 Å². The van der Waals surface area contributed by atoms with Crippen LogP contribution in [0, 0.1) is 0 Å². The molecule has 2 aromatic rings. The molecule has 23 heavy (non-hydrogen) atoms. The molecule has 5 nitrogen and oxygen atoms in total. The third kappa shape index (κ3) is 3.75. The molecule has 0 spiro atoms. The van der Waals surface area contributed by atoms with Crippen LogP contribution in [0.4, 0.5) is 11.5 Å². The van der Waals surface area contributed by atoms with Gasteiger partial charge in [0.1, 0.15) is 5.82 Å². The van der Waals surface area contributed by atoms with Gasteiger partial charge >= 0.3 is 0 Å². The van der Waals surface area contributed by atoms with Crippen LogP contribution in [0.1, 0.15) is 10.4 Å². The van der Waals surface area contributed by atoms with Crippen molar-refractivity contribution in [2.45, 2.75) is 0 Å². The van der Waals surface area contributed by atoms with Gasteiger partial charge in [-0.2, -0.15) is 0 Å². The molecule has 0 atom stereocenters. The van der Waals surface area contributed by atoms with E-state index < -0.39 is 0 Å². The zero-order chi connectivity index (χ0) is 16.2. The number of rotatable bonds is 3. The van der Waals surface area contributed by atoms with Gasteiger partial charge in [-0.05, 0) is 30.3 Å². The molecular formula is C16H15Cl2N3O2. The molecule has 1 fully saturated rings. The fraction of sp³-hybridized carbons (Fsp3) is 0.250. The number of aromatic nitrogens is 1. The zero-order valence-electron chi connectivity index (χ0n) is 12.3. The highest BCUT2D eigenvalue weighted by Crippen LogP contribution is 2.27. The normalized spacial score (nSPS) is 14.6. The summed E-state index contributed by atoms with van der Waals surface area (Å²) in [6.45, 7) is 2.67. The van der Waals surface area contributed by atoms with Crippen molar-refractivity contribution in [3.8, 4) is 0 Å². The van der Waals surface area contributed by atoms with E-state index in [4.69, 9.17) is 27.9 Å². The Hall–Kier alpha value is -1.82. The van der Waals surface area contributed by atoms with Crippen molar-refractivity contribution in [3.63, 3.8) is 0 Å². The van der Waals surface area contributed by atoms with Crippen LogP contribution in [-0.4, -0.2) is 37.2 Å². The maximum Gasteiger partial charge on any atom is 0.259 e. The summed E-state index contributed by atoms with van der Waals surface area (Å²) in [6.07, 6.45) is 1.68. The summed E-state index contributed by atoms with van der Waals surface area (Å²) in [6, 6.07) is 8.42. The molecule has 0 bridgehead atoms. The summed E-state index contributed by atoms with van der Waals surface area (Å²) in [5.74, 6) is 0.391. The largest absolute Gasteiger partial charge is 0.378 e. The molecule has 1 N–H and O–H groups in total. The van der Waals surface area contributed by atoms with Crippen molar-refractivity contribution in [1.29, 1.82) is 0 Å². The number of amides is 1. The van der Waals surface area contributed by atoms with E-state index in [9.17, 15) is 4.79 Å². The standard InChI is InChI=1S/C16H15Cl2N3O2/c17-11-3-4-14(13(18)10-11)20-16(22)12-2-1-5-19-15(12)21-6-8-23-9-7-21/h1-5,10H,6-9H2,(H,20,22). The molecule has 1 aromatic heterocycles. The summed E-state index contributed by atoms with van der Waals surface area (Å²) in [4.78, 5) is 19.0. The first-order valence-electron chi connectivity index (χ1n) is 7.19. The number of nitrogens with one attached hydrogen (secondary N) is 1. The number of carbonyl (C=O) groups excluding carboxylic acids is 1. The van der Waals surface area contributed by atoms with Crippen LogP contribution in [0.2, 0.25) is 10.0 Å². The van der Waals surface area contributed by atoms with Gasteiger partial charge in [0.25, 0.3) is 5.91 Å². The lowest BCUT2D eigenvalue weighted by molar-refractivity contribution is 0.102. The lowest BCUT2D eigenvalue weighted by atomic mass is 10.2. The molecule has 1 saturated heterocycles. The van der Waals surface area contributed by atoms with Crippen molar-refractivity contribution in [2.24, 2.45) is 0 Å². The molecule has 2 heterocycles. The van der Waals surface area contributed by atoms with Gasteiger partial charge in [0.05, 0.1) is 29.5 Å². The van der Waals surface area contributed by atoms with Gasteiger partial charge in [0.15, 0.2) is 0 Å². The fourth-order valence-corrected chi connectivity index (χ4v) is 2.84. The monoisotopic (exact) mass is 351 g/mol. The van der Waals surface area contributed by atoms with Gasteiger partial charge in [-0.3, -0.25) is 4.79 Å². The van der Waals surface area contributed by atoms with Gasteiger partial charge in [-0.25, -0.2) is 4.98 Å². The van der Waals surface area contributed by atoms with E-state index in [1.165, 1.54) is 0 Å². The summed E-state index contributed by atoms with van der Waals surface area (Å²) in [7, 11) is 0. The SMILES string of the molecule is O=C(Nc1ccc(Cl)cc1Cl)c1cccnc1N1CCOCC1. The zero-order valence-corrected chi connectivity index (χ0v) is 13.8. The minimum atomic E-state index is -0.260. The van der Waals surface area contributed by atoms with E-state index in [-0.39, 0.29) is 5.91 Å². The quantitative estimate of drug-likeness (QED) is 0.919. The second-order valence-electron chi connectivity index (χ2n) is 5.05. The van der Waals surface area contributed by atoms with Gasteiger partial charge in [0, 0.05) is 24.3 Å². The summed E-state index contributed by atoms with van der Waals surface area (Å²) in [5.41, 5.74) is 1.01. The Morgan fingerprint density at radius 1 is 1.22 bits per heavy atom. The Morgan fingerprint density at radius 2 is 2.00 bits per heavy atom. The van der Waals surface area contributed by atoms with E-state index in [0.717, 1.165) is 0 Å². The molecule has 1 aliphatic rings. The van der Waals surface area contributed by atoms with Crippen molar-refractivity contribution in [2.75, 3.05) is 36.5 Å².